The second-order valence-corrected chi connectivity index (χ2v) is 6.01. The predicted molar refractivity (Wildman–Crippen MR) is 83.2 cm³/mol. The van der Waals surface area contributed by atoms with Crippen LogP contribution >= 0.6 is 11.3 Å². The fourth-order valence-electron chi connectivity index (χ4n) is 1.90. The molecular formula is C15H17N3O3S. The molecule has 0 saturated carbocycles. The van der Waals surface area contributed by atoms with E-state index >= 15 is 0 Å². The van der Waals surface area contributed by atoms with Gasteiger partial charge in [-0.15, -0.1) is 11.3 Å². The van der Waals surface area contributed by atoms with Crippen molar-refractivity contribution in [1.29, 1.82) is 0 Å². The molecule has 0 spiro atoms. The summed E-state index contributed by atoms with van der Waals surface area (Å²) in [7, 11) is 0. The molecular weight excluding hydrogens is 302 g/mol. The number of nitrogens with one attached hydrogen (secondary N) is 1. The molecule has 2 aromatic heterocycles. The van der Waals surface area contributed by atoms with Crippen molar-refractivity contribution in [3.05, 3.63) is 45.7 Å². The molecule has 0 aliphatic rings. The van der Waals surface area contributed by atoms with Crippen LogP contribution in [-0.4, -0.2) is 27.0 Å². The average molecular weight is 319 g/mol. The van der Waals surface area contributed by atoms with E-state index in [1.165, 1.54) is 29.5 Å². The Balaban J connectivity index is 2.26. The van der Waals surface area contributed by atoms with Gasteiger partial charge in [-0.1, -0.05) is 13.0 Å². The Kier molecular flexibility index (Phi) is 4.56. The van der Waals surface area contributed by atoms with Crippen molar-refractivity contribution < 1.29 is 14.7 Å². The van der Waals surface area contributed by atoms with Gasteiger partial charge in [0.15, 0.2) is 0 Å². The molecule has 1 unspecified atom stereocenters. The number of nitrogens with zero attached hydrogens (tertiary/aromatic N) is 2. The Hall–Kier alpha value is -2.28. The molecule has 2 heterocycles. The quantitative estimate of drug-likeness (QED) is 0.883. The number of hydrogen-bond acceptors (Lipinski definition) is 5. The maximum atomic E-state index is 12.4. The van der Waals surface area contributed by atoms with E-state index in [1.54, 1.807) is 0 Å². The van der Waals surface area contributed by atoms with Crippen LogP contribution in [0.5, 0.6) is 0 Å². The van der Waals surface area contributed by atoms with Crippen molar-refractivity contribution in [2.45, 2.75) is 32.7 Å². The molecule has 1 amide bonds. The van der Waals surface area contributed by atoms with Gasteiger partial charge in [-0.2, -0.15) is 0 Å². The molecule has 2 rings (SSSR count). The fourth-order valence-corrected chi connectivity index (χ4v) is 2.88. The highest BCUT2D eigenvalue weighted by molar-refractivity contribution is 7.09. The molecule has 0 bridgehead atoms. The first kappa shape index (κ1) is 16.1. The first-order chi connectivity index (χ1) is 10.4. The minimum absolute atomic E-state index is 0.0767. The van der Waals surface area contributed by atoms with Crippen molar-refractivity contribution in [3.63, 3.8) is 0 Å². The molecule has 0 aliphatic carbocycles. The molecule has 2 aromatic rings. The number of pyridine rings is 1. The number of rotatable bonds is 5. The number of aryl methyl sites for hydroxylation is 1. The lowest BCUT2D eigenvalue weighted by molar-refractivity contribution is 0.0690. The predicted octanol–water partition coefficient (Wildman–Crippen LogP) is 2.60. The van der Waals surface area contributed by atoms with Gasteiger partial charge < -0.3 is 10.4 Å². The molecule has 7 heteroatoms. The van der Waals surface area contributed by atoms with Gasteiger partial charge in [0, 0.05) is 11.1 Å². The summed E-state index contributed by atoms with van der Waals surface area (Å²) in [4.78, 5) is 31.6. The summed E-state index contributed by atoms with van der Waals surface area (Å²) in [6.45, 7) is 5.75. The van der Waals surface area contributed by atoms with Gasteiger partial charge >= 0.3 is 5.97 Å². The van der Waals surface area contributed by atoms with Gasteiger partial charge in [0.25, 0.3) is 5.91 Å². The Labute approximate surface area is 132 Å². The molecule has 0 aliphatic heterocycles. The Morgan fingerprint density at radius 3 is 2.55 bits per heavy atom. The number of amides is 1. The molecule has 2 N–H and O–H groups in total. The molecule has 0 aromatic carbocycles. The maximum Gasteiger partial charge on any atom is 0.354 e. The van der Waals surface area contributed by atoms with E-state index in [-0.39, 0.29) is 11.4 Å². The van der Waals surface area contributed by atoms with Gasteiger partial charge in [0.1, 0.15) is 16.4 Å². The monoisotopic (exact) mass is 319 g/mol. The normalized spacial score (nSPS) is 13.4. The zero-order valence-electron chi connectivity index (χ0n) is 12.6. The topological polar surface area (TPSA) is 92.2 Å². The fraction of sp³-hybridized carbons (Fsp3) is 0.333. The highest BCUT2D eigenvalue weighted by atomic mass is 32.1. The molecule has 0 fully saturated rings. The van der Waals surface area contributed by atoms with Crippen molar-refractivity contribution in [2.75, 3.05) is 0 Å². The van der Waals surface area contributed by atoms with Crippen molar-refractivity contribution >= 4 is 23.2 Å². The first-order valence-corrected chi connectivity index (χ1v) is 7.69. The van der Waals surface area contributed by atoms with Gasteiger partial charge in [0.2, 0.25) is 0 Å². The van der Waals surface area contributed by atoms with E-state index in [4.69, 9.17) is 5.11 Å². The summed E-state index contributed by atoms with van der Waals surface area (Å²) in [5.74, 6) is -1.58. The Morgan fingerprint density at radius 2 is 2.00 bits per heavy atom. The zero-order chi connectivity index (χ0) is 16.3. The smallest absolute Gasteiger partial charge is 0.354 e. The van der Waals surface area contributed by atoms with Gasteiger partial charge in [0.05, 0.1) is 5.54 Å². The molecule has 22 heavy (non-hydrogen) atoms. The summed E-state index contributed by atoms with van der Waals surface area (Å²) < 4.78 is 0. The minimum atomic E-state index is -1.16. The maximum absolute atomic E-state index is 12.4. The highest BCUT2D eigenvalue weighted by Gasteiger charge is 2.30. The minimum Gasteiger partial charge on any atom is -0.477 e. The van der Waals surface area contributed by atoms with Crippen LogP contribution in [0.4, 0.5) is 0 Å². The van der Waals surface area contributed by atoms with Gasteiger partial charge in [-0.05, 0) is 32.4 Å². The summed E-state index contributed by atoms with van der Waals surface area (Å²) in [6, 6.07) is 4.34. The summed E-state index contributed by atoms with van der Waals surface area (Å²) in [6.07, 6.45) is 0.657. The molecule has 0 radical (unpaired) electrons. The van der Waals surface area contributed by atoms with Gasteiger partial charge in [-0.3, -0.25) is 4.79 Å². The summed E-state index contributed by atoms with van der Waals surface area (Å²) in [5.41, 5.74) is 0.209. The standard InChI is InChI=1S/C15H17N3O3S/c1-4-15(3,14-16-9(2)8-22-14)18-12(19)10-6-5-7-11(17-10)13(20)21/h5-8H,4H2,1-3H3,(H,18,19)(H,20,21). The number of carboxylic acids is 1. The van der Waals surface area contributed by atoms with E-state index in [0.29, 0.717) is 6.42 Å². The number of hydrogen-bond donors (Lipinski definition) is 2. The molecule has 1 atom stereocenters. The van der Waals surface area contributed by atoms with Crippen LogP contribution in [0.15, 0.2) is 23.6 Å². The van der Waals surface area contributed by atoms with Crippen LogP contribution in [0.2, 0.25) is 0 Å². The number of carbonyl (C=O) groups excluding carboxylic acids is 1. The van der Waals surface area contributed by atoms with Crippen LogP contribution in [0.25, 0.3) is 0 Å². The zero-order valence-corrected chi connectivity index (χ0v) is 13.4. The van der Waals surface area contributed by atoms with E-state index in [0.717, 1.165) is 10.7 Å². The third-order valence-corrected chi connectivity index (χ3v) is 4.61. The van der Waals surface area contributed by atoms with Crippen LogP contribution < -0.4 is 5.32 Å². The Bertz CT molecular complexity index is 714. The Morgan fingerprint density at radius 1 is 1.32 bits per heavy atom. The third kappa shape index (κ3) is 3.30. The first-order valence-electron chi connectivity index (χ1n) is 6.81. The number of thiazole rings is 1. The van der Waals surface area contributed by atoms with Crippen LogP contribution in [0.1, 0.15) is 51.9 Å². The SMILES string of the molecule is CCC(C)(NC(=O)c1cccc(C(=O)O)n1)c1nc(C)cs1. The average Bonchev–Trinajstić information content (AvgIpc) is 2.94. The lowest BCUT2D eigenvalue weighted by atomic mass is 9.99. The second-order valence-electron chi connectivity index (χ2n) is 5.15. The van der Waals surface area contributed by atoms with Gasteiger partial charge in [-0.25, -0.2) is 14.8 Å². The number of carboxylic acid groups (broad SMARTS) is 1. The molecule has 116 valence electrons. The number of aromatic nitrogens is 2. The van der Waals surface area contributed by atoms with E-state index in [2.05, 4.69) is 15.3 Å². The highest BCUT2D eigenvalue weighted by Crippen LogP contribution is 2.27. The molecule has 6 nitrogen and oxygen atoms in total. The number of aromatic carboxylic acids is 1. The van der Waals surface area contributed by atoms with E-state index in [9.17, 15) is 9.59 Å². The summed E-state index contributed by atoms with van der Waals surface area (Å²) in [5, 5.41) is 14.6. The van der Waals surface area contributed by atoms with E-state index in [1.807, 2.05) is 26.2 Å². The van der Waals surface area contributed by atoms with Crippen LogP contribution in [0, 0.1) is 6.92 Å². The lowest BCUT2D eigenvalue weighted by Gasteiger charge is -2.27. The molecule has 0 saturated heterocycles. The van der Waals surface area contributed by atoms with E-state index < -0.39 is 17.4 Å². The third-order valence-electron chi connectivity index (χ3n) is 3.39. The lowest BCUT2D eigenvalue weighted by Crippen LogP contribution is -2.43. The van der Waals surface area contributed by atoms with Crippen molar-refractivity contribution in [1.82, 2.24) is 15.3 Å². The van der Waals surface area contributed by atoms with Crippen molar-refractivity contribution in [2.24, 2.45) is 0 Å². The summed E-state index contributed by atoms with van der Waals surface area (Å²) >= 11 is 1.49. The second kappa shape index (κ2) is 6.23. The van der Waals surface area contributed by atoms with Crippen LogP contribution in [0.3, 0.4) is 0 Å². The number of carbonyl (C=O) groups is 2. The van der Waals surface area contributed by atoms with Crippen molar-refractivity contribution in [3.8, 4) is 0 Å². The largest absolute Gasteiger partial charge is 0.477 e. The van der Waals surface area contributed by atoms with Crippen LogP contribution in [-0.2, 0) is 5.54 Å².